The zero-order valence-corrected chi connectivity index (χ0v) is 15.2. The van der Waals surface area contributed by atoms with E-state index < -0.39 is 0 Å². The Morgan fingerprint density at radius 2 is 1.79 bits per heavy atom. The molecule has 4 fully saturated rings. The van der Waals surface area contributed by atoms with Crippen molar-refractivity contribution in [2.24, 2.45) is 23.2 Å². The first-order valence-corrected chi connectivity index (χ1v) is 9.85. The first-order valence-electron chi connectivity index (χ1n) is 9.85. The molecule has 0 spiro atoms. The van der Waals surface area contributed by atoms with Crippen LogP contribution in [0.15, 0.2) is 30.3 Å². The number of hydrogen-bond donors (Lipinski definition) is 1. The van der Waals surface area contributed by atoms with Gasteiger partial charge in [-0.3, -0.25) is 4.79 Å². The number of benzene rings is 1. The van der Waals surface area contributed by atoms with E-state index in [0.29, 0.717) is 11.8 Å². The van der Waals surface area contributed by atoms with Crippen LogP contribution in [0.4, 0.5) is 0 Å². The minimum atomic E-state index is -0.0864. The number of rotatable bonds is 5. The van der Waals surface area contributed by atoms with Gasteiger partial charge in [-0.25, -0.2) is 0 Å². The second kappa shape index (κ2) is 5.89. The lowest BCUT2D eigenvalue weighted by Gasteiger charge is -2.61. The summed E-state index contributed by atoms with van der Waals surface area (Å²) in [4.78, 5) is 13.1. The molecule has 2 heteroatoms. The van der Waals surface area contributed by atoms with Gasteiger partial charge < -0.3 is 5.32 Å². The Labute approximate surface area is 146 Å². The predicted molar refractivity (Wildman–Crippen MR) is 97.7 cm³/mol. The van der Waals surface area contributed by atoms with Crippen molar-refractivity contribution in [1.82, 2.24) is 5.32 Å². The lowest BCUT2D eigenvalue weighted by atomic mass is 9.42. The zero-order chi connectivity index (χ0) is 16.8. The van der Waals surface area contributed by atoms with Crippen molar-refractivity contribution in [1.29, 1.82) is 0 Å². The highest BCUT2D eigenvalue weighted by Gasteiger charge is 2.60. The molecule has 4 bridgehead atoms. The highest BCUT2D eigenvalue weighted by atomic mass is 16.2. The van der Waals surface area contributed by atoms with Crippen LogP contribution in [0.25, 0.3) is 0 Å². The molecule has 0 heterocycles. The third-order valence-electron chi connectivity index (χ3n) is 6.94. The minimum absolute atomic E-state index is 0.0864. The van der Waals surface area contributed by atoms with E-state index in [1.165, 1.54) is 24.8 Å². The molecule has 5 rings (SSSR count). The Hall–Kier alpha value is -1.31. The van der Waals surface area contributed by atoms with Gasteiger partial charge in [-0.1, -0.05) is 44.2 Å². The minimum Gasteiger partial charge on any atom is -0.356 e. The summed E-state index contributed by atoms with van der Waals surface area (Å²) in [5.41, 5.74) is 1.66. The van der Waals surface area contributed by atoms with Crippen LogP contribution < -0.4 is 5.32 Å². The van der Waals surface area contributed by atoms with E-state index in [1.807, 2.05) is 0 Å². The maximum absolute atomic E-state index is 13.1. The Bertz CT molecular complexity index is 592. The third-order valence-corrected chi connectivity index (χ3v) is 6.94. The molecule has 130 valence electrons. The van der Waals surface area contributed by atoms with E-state index >= 15 is 0 Å². The van der Waals surface area contributed by atoms with E-state index in [4.69, 9.17) is 0 Å². The van der Waals surface area contributed by atoms with Crippen molar-refractivity contribution < 1.29 is 4.79 Å². The summed E-state index contributed by atoms with van der Waals surface area (Å²) in [6.45, 7) is 5.29. The van der Waals surface area contributed by atoms with Crippen LogP contribution in [0.2, 0.25) is 0 Å². The molecule has 2 atom stereocenters. The van der Waals surface area contributed by atoms with E-state index in [9.17, 15) is 4.79 Å². The molecule has 2 nitrogen and oxygen atoms in total. The predicted octanol–water partition coefficient (Wildman–Crippen LogP) is 4.69. The molecule has 24 heavy (non-hydrogen) atoms. The van der Waals surface area contributed by atoms with Crippen molar-refractivity contribution in [3.8, 4) is 0 Å². The Morgan fingerprint density at radius 1 is 1.12 bits per heavy atom. The summed E-state index contributed by atoms with van der Waals surface area (Å²) in [5, 5.41) is 3.30. The van der Waals surface area contributed by atoms with E-state index in [-0.39, 0.29) is 10.8 Å². The molecule has 0 saturated heterocycles. The van der Waals surface area contributed by atoms with Gasteiger partial charge in [0, 0.05) is 6.54 Å². The smallest absolute Gasteiger partial charge is 0.226 e. The molecule has 4 saturated carbocycles. The van der Waals surface area contributed by atoms with Gasteiger partial charge in [-0.2, -0.15) is 0 Å². The van der Waals surface area contributed by atoms with Gasteiger partial charge in [0.2, 0.25) is 5.91 Å². The van der Waals surface area contributed by atoms with Crippen LogP contribution in [0.5, 0.6) is 0 Å². The van der Waals surface area contributed by atoms with Gasteiger partial charge >= 0.3 is 0 Å². The maximum Gasteiger partial charge on any atom is 0.226 e. The van der Waals surface area contributed by atoms with Crippen molar-refractivity contribution in [2.45, 2.75) is 64.2 Å². The van der Waals surface area contributed by atoms with Crippen LogP contribution in [-0.4, -0.2) is 12.5 Å². The van der Waals surface area contributed by atoms with Crippen molar-refractivity contribution in [3.63, 3.8) is 0 Å². The number of amides is 1. The summed E-state index contributed by atoms with van der Waals surface area (Å²) in [6.07, 6.45) is 8.37. The number of hydrogen-bond acceptors (Lipinski definition) is 1. The summed E-state index contributed by atoms with van der Waals surface area (Å²) < 4.78 is 0. The molecule has 1 aromatic rings. The molecule has 2 unspecified atom stereocenters. The standard InChI is InChI=1S/C22H31NO/c1-16(2)8-9-23-20(24)22-13-17-10-18(14-22)12-21(11-17,15-22)19-6-4-3-5-7-19/h3-7,16-18H,8-15H2,1-2H3,(H,23,24). The quantitative estimate of drug-likeness (QED) is 0.836. The van der Waals surface area contributed by atoms with Gasteiger partial charge in [0.15, 0.2) is 0 Å². The number of carbonyl (C=O) groups excluding carboxylic acids is 1. The highest BCUT2D eigenvalue weighted by Crippen LogP contribution is 2.65. The van der Waals surface area contributed by atoms with Crippen molar-refractivity contribution in [3.05, 3.63) is 35.9 Å². The van der Waals surface area contributed by atoms with Gasteiger partial charge in [0.25, 0.3) is 0 Å². The van der Waals surface area contributed by atoms with Crippen LogP contribution in [0.1, 0.15) is 64.4 Å². The summed E-state index contributed by atoms with van der Waals surface area (Å²) in [6, 6.07) is 11.1. The molecule has 0 aliphatic heterocycles. The van der Waals surface area contributed by atoms with Gasteiger partial charge in [0.1, 0.15) is 0 Å². The largest absolute Gasteiger partial charge is 0.356 e. The first-order chi connectivity index (χ1) is 11.5. The SMILES string of the molecule is CC(C)CCNC(=O)C12CC3CC(C1)CC(c1ccccc1)(C3)C2. The third kappa shape index (κ3) is 2.68. The maximum atomic E-state index is 13.1. The normalized spacial score (nSPS) is 37.0. The fraction of sp³-hybridized carbons (Fsp3) is 0.682. The Balaban J connectivity index is 1.58. The van der Waals surface area contributed by atoms with Gasteiger partial charge in [0.05, 0.1) is 5.41 Å². The second-order valence-corrected chi connectivity index (χ2v) is 9.33. The lowest BCUT2D eigenvalue weighted by molar-refractivity contribution is -0.149. The number of carbonyl (C=O) groups is 1. The molecular weight excluding hydrogens is 294 g/mol. The molecule has 1 N–H and O–H groups in total. The monoisotopic (exact) mass is 325 g/mol. The molecule has 4 aliphatic carbocycles. The van der Waals surface area contributed by atoms with E-state index in [2.05, 4.69) is 49.5 Å². The molecular formula is C22H31NO. The zero-order valence-electron chi connectivity index (χ0n) is 15.2. The Morgan fingerprint density at radius 3 is 2.42 bits per heavy atom. The van der Waals surface area contributed by atoms with Crippen molar-refractivity contribution in [2.75, 3.05) is 6.54 Å². The first kappa shape index (κ1) is 16.2. The van der Waals surface area contributed by atoms with Crippen LogP contribution >= 0.6 is 0 Å². The van der Waals surface area contributed by atoms with Gasteiger partial charge in [-0.05, 0) is 73.7 Å². The fourth-order valence-electron chi connectivity index (χ4n) is 6.32. The Kier molecular flexibility index (Phi) is 3.97. The average Bonchev–Trinajstić information content (AvgIpc) is 2.54. The second-order valence-electron chi connectivity index (χ2n) is 9.33. The van der Waals surface area contributed by atoms with Crippen LogP contribution in [-0.2, 0) is 10.2 Å². The fourth-order valence-corrected chi connectivity index (χ4v) is 6.32. The molecule has 1 aromatic carbocycles. The topological polar surface area (TPSA) is 29.1 Å². The van der Waals surface area contributed by atoms with Crippen LogP contribution in [0.3, 0.4) is 0 Å². The molecule has 4 aliphatic rings. The van der Waals surface area contributed by atoms with Crippen molar-refractivity contribution >= 4 is 5.91 Å². The molecule has 0 radical (unpaired) electrons. The van der Waals surface area contributed by atoms with E-state index in [0.717, 1.165) is 44.1 Å². The summed E-state index contributed by atoms with van der Waals surface area (Å²) in [5.74, 6) is 2.51. The number of nitrogens with one attached hydrogen (secondary N) is 1. The van der Waals surface area contributed by atoms with Gasteiger partial charge in [-0.15, -0.1) is 0 Å². The average molecular weight is 325 g/mol. The summed E-state index contributed by atoms with van der Waals surface area (Å²) in [7, 11) is 0. The highest BCUT2D eigenvalue weighted by molar-refractivity contribution is 5.83. The lowest BCUT2D eigenvalue weighted by Crippen LogP contribution is -2.59. The van der Waals surface area contributed by atoms with E-state index in [1.54, 1.807) is 0 Å². The molecule has 0 aromatic heterocycles. The van der Waals surface area contributed by atoms with Crippen LogP contribution in [0, 0.1) is 23.2 Å². The molecule has 1 amide bonds. The summed E-state index contributed by atoms with van der Waals surface area (Å²) >= 11 is 0.